The molecule has 0 spiro atoms. The van der Waals surface area contributed by atoms with E-state index in [1.54, 1.807) is 0 Å². The maximum Gasteiger partial charge on any atom is 0.161 e. The fourth-order valence-electron chi connectivity index (χ4n) is 2.43. The van der Waals surface area contributed by atoms with Crippen molar-refractivity contribution < 1.29 is 9.47 Å². The zero-order valence-electron chi connectivity index (χ0n) is 11.3. The number of imidazole rings is 1. The highest BCUT2D eigenvalue weighted by Crippen LogP contribution is 2.34. The van der Waals surface area contributed by atoms with Crippen molar-refractivity contribution >= 4 is 17.2 Å². The number of nitrogens with zero attached hydrogens (tertiary/aromatic N) is 2. The molecule has 0 N–H and O–H groups in total. The molecule has 5 heteroatoms. The second-order valence-electron chi connectivity index (χ2n) is 4.95. The number of hydrogen-bond donors (Lipinski definition) is 0. The van der Waals surface area contributed by atoms with Crippen LogP contribution in [0, 0.1) is 0 Å². The summed E-state index contributed by atoms with van der Waals surface area (Å²) in [6, 6.07) is 9.64. The average molecular weight is 301 g/mol. The van der Waals surface area contributed by atoms with Crippen LogP contribution >= 0.6 is 11.6 Å². The summed E-state index contributed by atoms with van der Waals surface area (Å²) in [5.41, 5.74) is 2.74. The first-order valence-corrected chi connectivity index (χ1v) is 7.22. The van der Waals surface area contributed by atoms with Crippen molar-refractivity contribution in [2.75, 3.05) is 13.2 Å². The molecule has 0 bridgehead atoms. The van der Waals surface area contributed by atoms with E-state index in [2.05, 4.69) is 4.98 Å². The van der Waals surface area contributed by atoms with Gasteiger partial charge in [0, 0.05) is 24.4 Å². The maximum atomic E-state index is 6.00. The fraction of sp³-hybridized carbons (Fsp3) is 0.188. The third kappa shape index (κ3) is 2.32. The number of ether oxygens (including phenoxy) is 2. The minimum Gasteiger partial charge on any atom is -0.490 e. The summed E-state index contributed by atoms with van der Waals surface area (Å²) in [6.07, 6.45) is 4.70. The number of hydrogen-bond acceptors (Lipinski definition) is 3. The zero-order valence-corrected chi connectivity index (χ0v) is 12.0. The molecule has 21 heavy (non-hydrogen) atoms. The molecule has 0 amide bonds. The van der Waals surface area contributed by atoms with E-state index in [4.69, 9.17) is 21.1 Å². The lowest BCUT2D eigenvalue weighted by atomic mass is 10.1. The zero-order chi connectivity index (χ0) is 14.2. The van der Waals surface area contributed by atoms with Crippen LogP contribution in [-0.2, 0) is 0 Å². The topological polar surface area (TPSA) is 35.8 Å². The smallest absolute Gasteiger partial charge is 0.161 e. The van der Waals surface area contributed by atoms with Crippen molar-refractivity contribution in [3.8, 4) is 22.8 Å². The number of halogens is 1. The second-order valence-corrected chi connectivity index (χ2v) is 5.39. The average Bonchev–Trinajstić information content (AvgIpc) is 2.76. The van der Waals surface area contributed by atoms with Gasteiger partial charge < -0.3 is 13.9 Å². The van der Waals surface area contributed by atoms with Gasteiger partial charge in [-0.1, -0.05) is 11.6 Å². The molecule has 0 aliphatic carbocycles. The molecule has 0 unspecified atom stereocenters. The molecular weight excluding hydrogens is 288 g/mol. The first-order valence-electron chi connectivity index (χ1n) is 6.84. The Bertz CT molecular complexity index is 813. The molecule has 1 aliphatic heterocycles. The summed E-state index contributed by atoms with van der Waals surface area (Å²) in [7, 11) is 0. The molecule has 2 aromatic heterocycles. The van der Waals surface area contributed by atoms with Gasteiger partial charge in [-0.15, -0.1) is 0 Å². The van der Waals surface area contributed by atoms with E-state index in [1.165, 1.54) is 0 Å². The van der Waals surface area contributed by atoms with E-state index in [0.29, 0.717) is 18.2 Å². The number of rotatable bonds is 1. The first-order chi connectivity index (χ1) is 10.3. The van der Waals surface area contributed by atoms with Crippen LogP contribution in [0.15, 0.2) is 42.7 Å². The van der Waals surface area contributed by atoms with Gasteiger partial charge in [0.15, 0.2) is 11.5 Å². The van der Waals surface area contributed by atoms with Crippen LogP contribution in [0.5, 0.6) is 11.5 Å². The Balaban J connectivity index is 1.79. The molecule has 0 atom stereocenters. The minimum atomic E-state index is 0.678. The van der Waals surface area contributed by atoms with Crippen molar-refractivity contribution in [2.24, 2.45) is 0 Å². The maximum absolute atomic E-state index is 6.00. The molecule has 106 valence electrons. The second kappa shape index (κ2) is 4.97. The highest BCUT2D eigenvalue weighted by atomic mass is 35.5. The first kappa shape index (κ1) is 12.5. The Hall–Kier alpha value is -2.20. The van der Waals surface area contributed by atoms with E-state index < -0.39 is 0 Å². The van der Waals surface area contributed by atoms with Gasteiger partial charge >= 0.3 is 0 Å². The van der Waals surface area contributed by atoms with Crippen LogP contribution in [0.25, 0.3) is 16.9 Å². The summed E-state index contributed by atoms with van der Waals surface area (Å²) in [6.45, 7) is 1.37. The van der Waals surface area contributed by atoms with E-state index >= 15 is 0 Å². The summed E-state index contributed by atoms with van der Waals surface area (Å²) >= 11 is 6.00. The van der Waals surface area contributed by atoms with E-state index in [9.17, 15) is 0 Å². The van der Waals surface area contributed by atoms with Gasteiger partial charge in [-0.3, -0.25) is 0 Å². The molecule has 0 saturated carbocycles. The highest BCUT2D eigenvalue weighted by Gasteiger charge is 2.13. The van der Waals surface area contributed by atoms with Gasteiger partial charge in [0.2, 0.25) is 0 Å². The molecule has 1 aliphatic rings. The van der Waals surface area contributed by atoms with Gasteiger partial charge in [-0.05, 0) is 30.3 Å². The van der Waals surface area contributed by atoms with Crippen molar-refractivity contribution in [3.63, 3.8) is 0 Å². The Morgan fingerprint density at radius 1 is 1.00 bits per heavy atom. The van der Waals surface area contributed by atoms with Crippen LogP contribution in [0.1, 0.15) is 6.42 Å². The van der Waals surface area contributed by atoms with Crippen LogP contribution in [-0.4, -0.2) is 22.6 Å². The molecule has 1 aromatic carbocycles. The Kier molecular flexibility index (Phi) is 2.97. The number of pyridine rings is 1. The third-order valence-electron chi connectivity index (χ3n) is 3.46. The number of benzene rings is 1. The summed E-state index contributed by atoms with van der Waals surface area (Å²) in [5.74, 6) is 1.57. The molecule has 0 saturated heterocycles. The van der Waals surface area contributed by atoms with Crippen molar-refractivity contribution in [1.82, 2.24) is 9.38 Å². The van der Waals surface area contributed by atoms with E-state index in [1.807, 2.05) is 47.1 Å². The summed E-state index contributed by atoms with van der Waals surface area (Å²) in [4.78, 5) is 4.60. The molecule has 3 heterocycles. The largest absolute Gasteiger partial charge is 0.490 e. The Morgan fingerprint density at radius 3 is 2.76 bits per heavy atom. The lowest BCUT2D eigenvalue weighted by Gasteiger charge is -2.07. The van der Waals surface area contributed by atoms with Gasteiger partial charge in [0.25, 0.3) is 0 Å². The third-order valence-corrected chi connectivity index (χ3v) is 3.68. The lowest BCUT2D eigenvalue weighted by Crippen LogP contribution is -1.97. The van der Waals surface area contributed by atoms with Gasteiger partial charge in [0.1, 0.15) is 5.65 Å². The molecule has 4 rings (SSSR count). The fourth-order valence-corrected chi connectivity index (χ4v) is 2.59. The predicted octanol–water partition coefficient (Wildman–Crippen LogP) is 3.82. The Morgan fingerprint density at radius 2 is 1.86 bits per heavy atom. The van der Waals surface area contributed by atoms with Gasteiger partial charge in [0.05, 0.1) is 23.9 Å². The summed E-state index contributed by atoms with van der Waals surface area (Å²) in [5, 5.41) is 0.685. The summed E-state index contributed by atoms with van der Waals surface area (Å²) < 4.78 is 13.3. The van der Waals surface area contributed by atoms with Crippen LogP contribution in [0.2, 0.25) is 5.02 Å². The lowest BCUT2D eigenvalue weighted by molar-refractivity contribution is 0.297. The van der Waals surface area contributed by atoms with Crippen LogP contribution in [0.4, 0.5) is 0 Å². The Labute approximate surface area is 126 Å². The normalized spacial score (nSPS) is 14.1. The van der Waals surface area contributed by atoms with Gasteiger partial charge in [-0.25, -0.2) is 4.98 Å². The SMILES string of the molecule is Clc1ccc2nc(-c3ccc4c(c3)OCCCO4)cn2c1. The van der Waals surface area contributed by atoms with E-state index in [0.717, 1.165) is 34.8 Å². The highest BCUT2D eigenvalue weighted by molar-refractivity contribution is 6.30. The van der Waals surface area contributed by atoms with Crippen molar-refractivity contribution in [3.05, 3.63) is 47.7 Å². The quantitative estimate of drug-likeness (QED) is 0.685. The monoisotopic (exact) mass is 300 g/mol. The van der Waals surface area contributed by atoms with Crippen molar-refractivity contribution in [2.45, 2.75) is 6.42 Å². The van der Waals surface area contributed by atoms with Crippen LogP contribution < -0.4 is 9.47 Å². The standard InChI is InChI=1S/C16H13ClN2O2/c17-12-3-5-16-18-13(10-19(16)9-12)11-2-4-14-15(8-11)21-7-1-6-20-14/h2-5,8-10H,1,6-7H2. The molecule has 0 radical (unpaired) electrons. The van der Waals surface area contributed by atoms with Crippen LogP contribution in [0.3, 0.4) is 0 Å². The minimum absolute atomic E-state index is 0.678. The molecule has 4 nitrogen and oxygen atoms in total. The molecule has 3 aromatic rings. The molecular formula is C16H13ClN2O2. The van der Waals surface area contributed by atoms with E-state index in [-0.39, 0.29) is 0 Å². The number of aromatic nitrogens is 2. The predicted molar refractivity (Wildman–Crippen MR) is 81.2 cm³/mol. The van der Waals surface area contributed by atoms with Crippen molar-refractivity contribution in [1.29, 1.82) is 0 Å². The number of fused-ring (bicyclic) bond motifs is 2. The van der Waals surface area contributed by atoms with Gasteiger partial charge in [-0.2, -0.15) is 0 Å². The molecule has 0 fully saturated rings.